The van der Waals surface area contributed by atoms with Crippen LogP contribution in [0.15, 0.2) is 22.8 Å². The van der Waals surface area contributed by atoms with Crippen LogP contribution in [-0.4, -0.2) is 14.8 Å². The predicted octanol–water partition coefficient (Wildman–Crippen LogP) is 2.81. The summed E-state index contributed by atoms with van der Waals surface area (Å²) in [4.78, 5) is 4.33. The molecule has 2 aromatic rings. The van der Waals surface area contributed by atoms with Gasteiger partial charge in [0.05, 0.1) is 5.69 Å². The number of rotatable bonds is 3. The highest BCUT2D eigenvalue weighted by atomic mass is 79.9. The molecule has 0 saturated heterocycles. The van der Waals surface area contributed by atoms with Crippen LogP contribution in [-0.2, 0) is 13.6 Å². The molecule has 2 heterocycles. The molecule has 0 unspecified atom stereocenters. The molecule has 0 amide bonds. The molecule has 0 aliphatic rings. The van der Waals surface area contributed by atoms with Crippen LogP contribution in [0.4, 0.5) is 5.82 Å². The van der Waals surface area contributed by atoms with Gasteiger partial charge in [0.1, 0.15) is 10.4 Å². The van der Waals surface area contributed by atoms with Gasteiger partial charge in [0.2, 0.25) is 0 Å². The van der Waals surface area contributed by atoms with Crippen LogP contribution < -0.4 is 5.32 Å². The van der Waals surface area contributed by atoms with E-state index in [2.05, 4.69) is 38.3 Å². The summed E-state index contributed by atoms with van der Waals surface area (Å²) in [6.07, 6.45) is 0. The fraction of sp³-hybridized carbons (Fsp3) is 0.333. The summed E-state index contributed by atoms with van der Waals surface area (Å²) in [5.74, 6) is 0.863. The second-order valence-electron chi connectivity index (χ2n) is 3.97. The summed E-state index contributed by atoms with van der Waals surface area (Å²) in [5.41, 5.74) is 3.48. The van der Waals surface area contributed by atoms with Crippen LogP contribution in [0.1, 0.15) is 17.0 Å². The Balaban J connectivity index is 2.12. The zero-order valence-corrected chi connectivity index (χ0v) is 11.7. The van der Waals surface area contributed by atoms with Crippen LogP contribution >= 0.6 is 15.9 Å². The van der Waals surface area contributed by atoms with Gasteiger partial charge in [-0.15, -0.1) is 0 Å². The van der Waals surface area contributed by atoms with Gasteiger partial charge in [-0.3, -0.25) is 4.68 Å². The number of pyridine rings is 1. The van der Waals surface area contributed by atoms with E-state index in [0.29, 0.717) is 0 Å². The van der Waals surface area contributed by atoms with Crippen molar-refractivity contribution >= 4 is 21.7 Å². The first-order valence-electron chi connectivity index (χ1n) is 5.43. The average Bonchev–Trinajstić information content (AvgIpc) is 2.51. The Bertz CT molecular complexity index is 533. The summed E-state index contributed by atoms with van der Waals surface area (Å²) in [6.45, 7) is 4.85. The minimum Gasteiger partial charge on any atom is -0.366 e. The van der Waals surface area contributed by atoms with Crippen LogP contribution in [0.5, 0.6) is 0 Å². The smallest absolute Gasteiger partial charge is 0.127 e. The van der Waals surface area contributed by atoms with E-state index in [4.69, 9.17) is 0 Å². The van der Waals surface area contributed by atoms with E-state index >= 15 is 0 Å². The molecule has 0 bridgehead atoms. The molecule has 0 spiro atoms. The Kier molecular flexibility index (Phi) is 3.47. The van der Waals surface area contributed by atoms with Crippen molar-refractivity contribution in [3.05, 3.63) is 39.8 Å². The molecule has 0 aliphatic carbocycles. The molecule has 0 aromatic carbocycles. The monoisotopic (exact) mass is 294 g/mol. The van der Waals surface area contributed by atoms with Gasteiger partial charge in [0.25, 0.3) is 0 Å². The Hall–Kier alpha value is -1.36. The summed E-state index contributed by atoms with van der Waals surface area (Å²) in [5, 5.41) is 7.69. The highest BCUT2D eigenvalue weighted by Gasteiger charge is 2.08. The van der Waals surface area contributed by atoms with Crippen LogP contribution in [0.25, 0.3) is 0 Å². The zero-order chi connectivity index (χ0) is 12.4. The molecule has 1 N–H and O–H groups in total. The molecular weight excluding hydrogens is 280 g/mol. The van der Waals surface area contributed by atoms with E-state index in [-0.39, 0.29) is 0 Å². The Morgan fingerprint density at radius 2 is 2.12 bits per heavy atom. The SMILES string of the molecule is Cc1nn(C)c(C)c1CNc1cccc(Br)n1. The van der Waals surface area contributed by atoms with Gasteiger partial charge in [-0.05, 0) is 41.9 Å². The number of hydrogen-bond donors (Lipinski definition) is 1. The normalized spacial score (nSPS) is 10.6. The number of nitrogens with one attached hydrogen (secondary N) is 1. The summed E-state index contributed by atoms with van der Waals surface area (Å²) in [6, 6.07) is 5.82. The second-order valence-corrected chi connectivity index (χ2v) is 4.78. The highest BCUT2D eigenvalue weighted by Crippen LogP contribution is 2.15. The first-order valence-corrected chi connectivity index (χ1v) is 6.22. The number of hydrogen-bond acceptors (Lipinski definition) is 3. The highest BCUT2D eigenvalue weighted by molar-refractivity contribution is 9.10. The first kappa shape index (κ1) is 12.1. The fourth-order valence-electron chi connectivity index (χ4n) is 1.76. The van der Waals surface area contributed by atoms with Crippen molar-refractivity contribution in [1.82, 2.24) is 14.8 Å². The maximum Gasteiger partial charge on any atom is 0.127 e. The van der Waals surface area contributed by atoms with Crippen molar-refractivity contribution in [1.29, 1.82) is 0 Å². The molecular formula is C12H15BrN4. The van der Waals surface area contributed by atoms with Crippen molar-refractivity contribution in [2.75, 3.05) is 5.32 Å². The molecule has 0 atom stereocenters. The van der Waals surface area contributed by atoms with Gasteiger partial charge < -0.3 is 5.32 Å². The third-order valence-electron chi connectivity index (χ3n) is 2.82. The van der Waals surface area contributed by atoms with Crippen molar-refractivity contribution in [2.24, 2.45) is 7.05 Å². The lowest BCUT2D eigenvalue weighted by Gasteiger charge is -2.06. The topological polar surface area (TPSA) is 42.7 Å². The minimum absolute atomic E-state index is 0.745. The van der Waals surface area contributed by atoms with Crippen LogP contribution in [0.3, 0.4) is 0 Å². The Morgan fingerprint density at radius 3 is 2.71 bits per heavy atom. The molecule has 90 valence electrons. The van der Waals surface area contributed by atoms with Gasteiger partial charge >= 0.3 is 0 Å². The van der Waals surface area contributed by atoms with Crippen molar-refractivity contribution in [3.8, 4) is 0 Å². The second kappa shape index (κ2) is 4.87. The lowest BCUT2D eigenvalue weighted by molar-refractivity contribution is 0.730. The van der Waals surface area contributed by atoms with Crippen LogP contribution in [0, 0.1) is 13.8 Å². The predicted molar refractivity (Wildman–Crippen MR) is 71.9 cm³/mol. The number of anilines is 1. The van der Waals surface area contributed by atoms with Gasteiger partial charge in [0.15, 0.2) is 0 Å². The molecule has 0 fully saturated rings. The van der Waals surface area contributed by atoms with Crippen molar-refractivity contribution in [2.45, 2.75) is 20.4 Å². The third-order valence-corrected chi connectivity index (χ3v) is 3.26. The first-order chi connectivity index (χ1) is 8.08. The average molecular weight is 295 g/mol. The van der Waals surface area contributed by atoms with Crippen LogP contribution in [0.2, 0.25) is 0 Å². The molecule has 0 aliphatic heterocycles. The third kappa shape index (κ3) is 2.66. The van der Waals surface area contributed by atoms with Crippen molar-refractivity contribution < 1.29 is 0 Å². The lowest BCUT2D eigenvalue weighted by atomic mass is 10.2. The molecule has 17 heavy (non-hydrogen) atoms. The summed E-state index contributed by atoms with van der Waals surface area (Å²) >= 11 is 3.35. The van der Waals surface area contributed by atoms with E-state index in [1.54, 1.807) is 0 Å². The van der Waals surface area contributed by atoms with Gasteiger partial charge in [-0.2, -0.15) is 5.10 Å². The Labute approximate surface area is 109 Å². The summed E-state index contributed by atoms with van der Waals surface area (Å²) in [7, 11) is 1.96. The molecule has 0 saturated carbocycles. The Morgan fingerprint density at radius 1 is 1.35 bits per heavy atom. The molecule has 5 heteroatoms. The van der Waals surface area contributed by atoms with E-state index in [9.17, 15) is 0 Å². The maximum absolute atomic E-state index is 4.39. The van der Waals surface area contributed by atoms with E-state index in [0.717, 1.165) is 22.7 Å². The molecule has 2 aromatic heterocycles. The minimum atomic E-state index is 0.745. The van der Waals surface area contributed by atoms with E-state index < -0.39 is 0 Å². The molecule has 4 nitrogen and oxygen atoms in total. The number of aromatic nitrogens is 3. The quantitative estimate of drug-likeness (QED) is 0.885. The number of halogens is 1. The zero-order valence-electron chi connectivity index (χ0n) is 10.2. The molecule has 0 radical (unpaired) electrons. The van der Waals surface area contributed by atoms with E-state index in [1.165, 1.54) is 11.3 Å². The maximum atomic E-state index is 4.39. The number of nitrogens with zero attached hydrogens (tertiary/aromatic N) is 3. The number of aryl methyl sites for hydroxylation is 2. The van der Waals surface area contributed by atoms with Gasteiger partial charge in [-0.25, -0.2) is 4.98 Å². The fourth-order valence-corrected chi connectivity index (χ4v) is 2.10. The van der Waals surface area contributed by atoms with Gasteiger partial charge in [0, 0.05) is 24.8 Å². The standard InChI is InChI=1S/C12H15BrN4/c1-8-10(9(2)17(3)16-8)7-14-12-6-4-5-11(13)15-12/h4-6H,7H2,1-3H3,(H,14,15). The largest absolute Gasteiger partial charge is 0.366 e. The lowest BCUT2D eigenvalue weighted by Crippen LogP contribution is -2.03. The van der Waals surface area contributed by atoms with E-state index in [1.807, 2.05) is 36.9 Å². The van der Waals surface area contributed by atoms with Crippen molar-refractivity contribution in [3.63, 3.8) is 0 Å². The van der Waals surface area contributed by atoms with Gasteiger partial charge in [-0.1, -0.05) is 6.07 Å². The summed E-state index contributed by atoms with van der Waals surface area (Å²) < 4.78 is 2.74. The molecule has 2 rings (SSSR count).